The van der Waals surface area contributed by atoms with Crippen LogP contribution >= 0.6 is 11.6 Å². The molecule has 1 fully saturated rings. The van der Waals surface area contributed by atoms with Gasteiger partial charge in [0.15, 0.2) is 0 Å². The van der Waals surface area contributed by atoms with E-state index in [2.05, 4.69) is 5.32 Å². The van der Waals surface area contributed by atoms with Crippen molar-refractivity contribution in [1.82, 2.24) is 5.32 Å². The average molecular weight is 386 g/mol. The summed E-state index contributed by atoms with van der Waals surface area (Å²) in [6.07, 6.45) is 3.13. The molecule has 0 unspecified atom stereocenters. The SMILES string of the molecule is O=C(/C=C\c1ccc([N+](=O)[O-])cc1)N[C@@H]1CC(=O)N(c2ccc(Cl)cc2)C1. The number of halogens is 1. The number of nitrogens with one attached hydrogen (secondary N) is 1. The molecule has 2 aromatic rings. The van der Waals surface area contributed by atoms with E-state index in [1.807, 2.05) is 0 Å². The molecule has 1 atom stereocenters. The van der Waals surface area contributed by atoms with Crippen LogP contribution in [0, 0.1) is 10.1 Å². The van der Waals surface area contributed by atoms with Gasteiger partial charge >= 0.3 is 0 Å². The third-order valence-electron chi connectivity index (χ3n) is 4.14. The van der Waals surface area contributed by atoms with E-state index >= 15 is 0 Å². The van der Waals surface area contributed by atoms with E-state index in [-0.39, 0.29) is 30.0 Å². The molecule has 138 valence electrons. The zero-order chi connectivity index (χ0) is 19.4. The Labute approximate surface area is 160 Å². The molecule has 0 radical (unpaired) electrons. The Kier molecular flexibility index (Phi) is 5.52. The summed E-state index contributed by atoms with van der Waals surface area (Å²) in [6, 6.07) is 12.5. The highest BCUT2D eigenvalue weighted by molar-refractivity contribution is 6.30. The molecule has 1 aliphatic heterocycles. The van der Waals surface area contributed by atoms with Crippen LogP contribution in [0.2, 0.25) is 5.02 Å². The van der Waals surface area contributed by atoms with Crippen molar-refractivity contribution in [3.05, 3.63) is 75.3 Å². The number of anilines is 1. The molecule has 3 rings (SSSR count). The second-order valence-corrected chi connectivity index (χ2v) is 6.51. The van der Waals surface area contributed by atoms with Gasteiger partial charge in [-0.2, -0.15) is 0 Å². The fourth-order valence-electron chi connectivity index (χ4n) is 2.80. The highest BCUT2D eigenvalue weighted by Crippen LogP contribution is 2.23. The molecule has 1 heterocycles. The fourth-order valence-corrected chi connectivity index (χ4v) is 2.93. The first-order valence-corrected chi connectivity index (χ1v) is 8.59. The Morgan fingerprint density at radius 3 is 2.48 bits per heavy atom. The van der Waals surface area contributed by atoms with Crippen molar-refractivity contribution in [2.75, 3.05) is 11.4 Å². The fraction of sp³-hybridized carbons (Fsp3) is 0.158. The molecule has 1 saturated heterocycles. The summed E-state index contributed by atoms with van der Waals surface area (Å²) in [4.78, 5) is 36.0. The van der Waals surface area contributed by atoms with Gasteiger partial charge in [0, 0.05) is 41.9 Å². The smallest absolute Gasteiger partial charge is 0.269 e. The normalized spacial score (nSPS) is 16.7. The van der Waals surface area contributed by atoms with E-state index in [1.165, 1.54) is 18.2 Å². The van der Waals surface area contributed by atoms with Gasteiger partial charge in [0.1, 0.15) is 0 Å². The maximum absolute atomic E-state index is 12.2. The lowest BCUT2D eigenvalue weighted by atomic mass is 10.2. The van der Waals surface area contributed by atoms with Gasteiger partial charge in [-0.1, -0.05) is 11.6 Å². The molecule has 8 heteroatoms. The predicted molar refractivity (Wildman–Crippen MR) is 102 cm³/mol. The summed E-state index contributed by atoms with van der Waals surface area (Å²) in [5.74, 6) is -0.397. The number of benzene rings is 2. The zero-order valence-electron chi connectivity index (χ0n) is 14.2. The van der Waals surface area contributed by atoms with Gasteiger partial charge < -0.3 is 10.2 Å². The van der Waals surface area contributed by atoms with Crippen LogP contribution in [0.5, 0.6) is 0 Å². The van der Waals surface area contributed by atoms with Crippen molar-refractivity contribution in [3.63, 3.8) is 0 Å². The number of carbonyl (C=O) groups excluding carboxylic acids is 2. The molecule has 0 aromatic heterocycles. The van der Waals surface area contributed by atoms with Crippen LogP contribution in [-0.4, -0.2) is 29.3 Å². The molecule has 2 amide bonds. The first kappa shape index (κ1) is 18.6. The van der Waals surface area contributed by atoms with E-state index in [0.29, 0.717) is 17.1 Å². The molecular weight excluding hydrogens is 370 g/mol. The summed E-state index contributed by atoms with van der Waals surface area (Å²) in [5, 5.41) is 14.0. The van der Waals surface area contributed by atoms with Crippen LogP contribution < -0.4 is 10.2 Å². The van der Waals surface area contributed by atoms with Gasteiger partial charge in [-0.3, -0.25) is 19.7 Å². The second kappa shape index (κ2) is 8.01. The summed E-state index contributed by atoms with van der Waals surface area (Å²) in [5.41, 5.74) is 1.40. The van der Waals surface area contributed by atoms with Crippen molar-refractivity contribution < 1.29 is 14.5 Å². The number of amides is 2. The number of carbonyl (C=O) groups is 2. The maximum Gasteiger partial charge on any atom is 0.269 e. The lowest BCUT2D eigenvalue weighted by molar-refractivity contribution is -0.384. The van der Waals surface area contributed by atoms with Crippen molar-refractivity contribution in [1.29, 1.82) is 0 Å². The maximum atomic E-state index is 12.2. The van der Waals surface area contributed by atoms with Crippen LogP contribution in [0.25, 0.3) is 6.08 Å². The molecule has 7 nitrogen and oxygen atoms in total. The lowest BCUT2D eigenvalue weighted by Gasteiger charge is -2.17. The van der Waals surface area contributed by atoms with E-state index in [1.54, 1.807) is 47.4 Å². The molecule has 0 aliphatic carbocycles. The Balaban J connectivity index is 1.57. The van der Waals surface area contributed by atoms with Crippen LogP contribution in [0.15, 0.2) is 54.6 Å². The van der Waals surface area contributed by atoms with Gasteiger partial charge in [0.25, 0.3) is 5.69 Å². The van der Waals surface area contributed by atoms with Gasteiger partial charge in [-0.15, -0.1) is 0 Å². The van der Waals surface area contributed by atoms with Gasteiger partial charge in [0.05, 0.1) is 11.0 Å². The minimum atomic E-state index is -0.482. The zero-order valence-corrected chi connectivity index (χ0v) is 14.9. The molecule has 0 bridgehead atoms. The topological polar surface area (TPSA) is 92.5 Å². The van der Waals surface area contributed by atoms with Crippen LogP contribution in [0.4, 0.5) is 11.4 Å². The number of non-ortho nitro benzene ring substituents is 1. The van der Waals surface area contributed by atoms with Crippen LogP contribution in [0.3, 0.4) is 0 Å². The Bertz CT molecular complexity index is 894. The Morgan fingerprint density at radius 1 is 1.19 bits per heavy atom. The first-order valence-electron chi connectivity index (χ1n) is 8.21. The van der Waals surface area contributed by atoms with Gasteiger partial charge in [-0.05, 0) is 48.0 Å². The number of nitrogens with zero attached hydrogens (tertiary/aromatic N) is 2. The minimum Gasteiger partial charge on any atom is -0.347 e. The Hall–Kier alpha value is -3.19. The van der Waals surface area contributed by atoms with E-state index in [0.717, 1.165) is 5.69 Å². The monoisotopic (exact) mass is 385 g/mol. The van der Waals surface area contributed by atoms with Crippen LogP contribution in [-0.2, 0) is 9.59 Å². The van der Waals surface area contributed by atoms with Crippen molar-refractivity contribution in [3.8, 4) is 0 Å². The average Bonchev–Trinajstić information content (AvgIpc) is 3.01. The Morgan fingerprint density at radius 2 is 1.85 bits per heavy atom. The van der Waals surface area contributed by atoms with Gasteiger partial charge in [0.2, 0.25) is 11.8 Å². The molecule has 0 spiro atoms. The van der Waals surface area contributed by atoms with Crippen molar-refractivity contribution in [2.45, 2.75) is 12.5 Å². The quantitative estimate of drug-likeness (QED) is 0.486. The van der Waals surface area contributed by atoms with Crippen LogP contribution in [0.1, 0.15) is 12.0 Å². The lowest BCUT2D eigenvalue weighted by Crippen LogP contribution is -2.36. The molecule has 0 saturated carbocycles. The molecular formula is C19H16ClN3O4. The standard InChI is InChI=1S/C19H16ClN3O4/c20-14-4-8-16(9-5-14)22-12-15(11-19(22)25)21-18(24)10-3-13-1-6-17(7-2-13)23(26)27/h1-10,15H,11-12H2,(H,21,24)/b10-3-/t15-/m1/s1. The highest BCUT2D eigenvalue weighted by Gasteiger charge is 2.31. The number of rotatable bonds is 5. The third kappa shape index (κ3) is 4.71. The molecule has 1 N–H and O–H groups in total. The number of nitro benzene ring substituents is 1. The second-order valence-electron chi connectivity index (χ2n) is 6.07. The van der Waals surface area contributed by atoms with Crippen molar-refractivity contribution in [2.24, 2.45) is 0 Å². The third-order valence-corrected chi connectivity index (χ3v) is 4.39. The molecule has 1 aliphatic rings. The summed E-state index contributed by atoms with van der Waals surface area (Å²) < 4.78 is 0. The number of nitro groups is 1. The minimum absolute atomic E-state index is 0.0108. The largest absolute Gasteiger partial charge is 0.347 e. The first-order chi connectivity index (χ1) is 12.9. The van der Waals surface area contributed by atoms with E-state index in [9.17, 15) is 19.7 Å². The van der Waals surface area contributed by atoms with Gasteiger partial charge in [-0.25, -0.2) is 0 Å². The summed E-state index contributed by atoms with van der Waals surface area (Å²) in [6.45, 7) is 0.386. The number of hydrogen-bond acceptors (Lipinski definition) is 4. The predicted octanol–water partition coefficient (Wildman–Crippen LogP) is 3.18. The molecule has 27 heavy (non-hydrogen) atoms. The van der Waals surface area contributed by atoms with Crippen molar-refractivity contribution >= 4 is 40.9 Å². The number of hydrogen-bond donors (Lipinski definition) is 1. The molecule has 2 aromatic carbocycles. The highest BCUT2D eigenvalue weighted by atomic mass is 35.5. The van der Waals surface area contributed by atoms with E-state index in [4.69, 9.17) is 11.6 Å². The van der Waals surface area contributed by atoms with E-state index < -0.39 is 4.92 Å². The summed E-state index contributed by atoms with van der Waals surface area (Å²) >= 11 is 5.86. The summed E-state index contributed by atoms with van der Waals surface area (Å²) in [7, 11) is 0.